The minimum atomic E-state index is -3.95. The maximum atomic E-state index is 11.1. The summed E-state index contributed by atoms with van der Waals surface area (Å²) in [7, 11) is -3.95. The van der Waals surface area contributed by atoms with Gasteiger partial charge < -0.3 is 15.1 Å². The average molecular weight is 431 g/mol. The van der Waals surface area contributed by atoms with Gasteiger partial charge in [0.05, 0.1) is 11.7 Å². The molecule has 2 rings (SSSR count). The summed E-state index contributed by atoms with van der Waals surface area (Å²) in [6.07, 6.45) is 10.7. The largest absolute Gasteiger partial charge is 0.325 e. The molecule has 1 aromatic heterocycles. The number of hydrogen-bond donors (Lipinski definition) is 3. The Morgan fingerprint density at radius 2 is 1.90 bits per heavy atom. The number of unbranched alkanes of at least 4 members (excludes halogenated alkanes) is 6. The summed E-state index contributed by atoms with van der Waals surface area (Å²) in [5.41, 5.74) is 3.00. The highest BCUT2D eigenvalue weighted by Gasteiger charge is 2.15. The van der Waals surface area contributed by atoms with E-state index >= 15 is 0 Å². The predicted octanol–water partition coefficient (Wildman–Crippen LogP) is 5.38. The van der Waals surface area contributed by atoms with Crippen molar-refractivity contribution in [3.63, 3.8) is 0 Å². The lowest BCUT2D eigenvalue weighted by Crippen LogP contribution is -2.26. The Morgan fingerprint density at radius 3 is 2.67 bits per heavy atom. The molecule has 164 valence electrons. The number of aromatic nitrogens is 1. The summed E-state index contributed by atoms with van der Waals surface area (Å²) < 4.78 is 11.1. The average Bonchev–Trinajstić information content (AvgIpc) is 2.72. The quantitative estimate of drug-likeness (QED) is 0.239. The number of pyridine rings is 1. The molecular weight excluding hydrogens is 395 g/mol. The number of fused-ring (bicyclic) bond motifs is 1. The van der Waals surface area contributed by atoms with Gasteiger partial charge in [-0.1, -0.05) is 63.0 Å². The minimum absolute atomic E-state index is 0.00758. The topological polar surface area (TPSA) is 82.5 Å². The van der Waals surface area contributed by atoms with Crippen LogP contribution in [-0.2, 0) is 11.1 Å². The van der Waals surface area contributed by atoms with Gasteiger partial charge in [0.15, 0.2) is 0 Å². The summed E-state index contributed by atoms with van der Waals surface area (Å²) in [5.74, 6) is 6.64. The molecule has 0 saturated carbocycles. The molecule has 3 N–H and O–H groups in total. The van der Waals surface area contributed by atoms with E-state index in [2.05, 4.69) is 41.2 Å². The van der Waals surface area contributed by atoms with Crippen molar-refractivity contribution < 1.29 is 14.4 Å². The molecule has 0 spiro atoms. The van der Waals surface area contributed by atoms with E-state index in [0.29, 0.717) is 13.0 Å². The molecule has 1 atom stereocenters. The van der Waals surface area contributed by atoms with E-state index in [4.69, 9.17) is 9.79 Å². The van der Waals surface area contributed by atoms with Crippen molar-refractivity contribution in [3.05, 3.63) is 41.6 Å². The Kier molecular flexibility index (Phi) is 10.5. The van der Waals surface area contributed by atoms with Crippen LogP contribution >= 0.6 is 7.60 Å². The van der Waals surface area contributed by atoms with Crippen LogP contribution < -0.4 is 5.32 Å². The highest BCUT2D eigenvalue weighted by atomic mass is 31.2. The molecule has 5 nitrogen and oxygen atoms in total. The molecule has 30 heavy (non-hydrogen) atoms. The lowest BCUT2D eigenvalue weighted by atomic mass is 10.0. The summed E-state index contributed by atoms with van der Waals surface area (Å²) in [5, 5.41) is 4.40. The van der Waals surface area contributed by atoms with Gasteiger partial charge in [0, 0.05) is 36.2 Å². The van der Waals surface area contributed by atoms with Gasteiger partial charge in [-0.25, -0.2) is 0 Å². The van der Waals surface area contributed by atoms with Crippen LogP contribution in [0.15, 0.2) is 30.5 Å². The van der Waals surface area contributed by atoms with Gasteiger partial charge in [-0.3, -0.25) is 9.55 Å². The number of hydrogen-bond acceptors (Lipinski definition) is 3. The zero-order chi connectivity index (χ0) is 21.8. The molecular formula is C24H35N2O3P. The maximum absolute atomic E-state index is 11.1. The van der Waals surface area contributed by atoms with E-state index in [1.165, 1.54) is 32.1 Å². The molecule has 0 amide bonds. The second-order valence-electron chi connectivity index (χ2n) is 7.95. The van der Waals surface area contributed by atoms with Crippen molar-refractivity contribution in [2.75, 3.05) is 6.16 Å². The van der Waals surface area contributed by atoms with E-state index in [9.17, 15) is 4.57 Å². The van der Waals surface area contributed by atoms with Crippen molar-refractivity contribution in [1.29, 1.82) is 0 Å². The van der Waals surface area contributed by atoms with Gasteiger partial charge in [-0.2, -0.15) is 0 Å². The van der Waals surface area contributed by atoms with E-state index in [0.717, 1.165) is 34.9 Å². The first-order chi connectivity index (χ1) is 14.4. The number of benzene rings is 1. The monoisotopic (exact) mass is 430 g/mol. The smallest absolute Gasteiger partial charge is 0.324 e. The van der Waals surface area contributed by atoms with Crippen molar-refractivity contribution >= 4 is 18.5 Å². The Hall–Kier alpha value is -1.70. The van der Waals surface area contributed by atoms with Gasteiger partial charge in [0.2, 0.25) is 0 Å². The molecule has 6 heteroatoms. The van der Waals surface area contributed by atoms with Crippen LogP contribution in [0.4, 0.5) is 0 Å². The van der Waals surface area contributed by atoms with Gasteiger partial charge in [0.25, 0.3) is 0 Å². The minimum Gasteiger partial charge on any atom is -0.324 e. The summed E-state index contributed by atoms with van der Waals surface area (Å²) in [4.78, 5) is 22.6. The molecule has 0 fully saturated rings. The van der Waals surface area contributed by atoms with Gasteiger partial charge in [0.1, 0.15) is 0 Å². The summed E-state index contributed by atoms with van der Waals surface area (Å²) in [6.45, 7) is 4.77. The molecule has 0 radical (unpaired) electrons. The van der Waals surface area contributed by atoms with Crippen molar-refractivity contribution in [2.45, 2.75) is 77.8 Å². The van der Waals surface area contributed by atoms with Crippen molar-refractivity contribution in [1.82, 2.24) is 10.3 Å². The van der Waals surface area contributed by atoms with E-state index in [1.54, 1.807) is 6.20 Å². The highest BCUT2D eigenvalue weighted by Crippen LogP contribution is 2.35. The van der Waals surface area contributed by atoms with Crippen LogP contribution in [-0.4, -0.2) is 27.0 Å². The first kappa shape index (κ1) is 24.6. The van der Waals surface area contributed by atoms with Crippen LogP contribution in [0.5, 0.6) is 0 Å². The third kappa shape index (κ3) is 8.98. The molecule has 1 aromatic carbocycles. The molecule has 0 aliphatic rings. The van der Waals surface area contributed by atoms with Crippen LogP contribution in [0.3, 0.4) is 0 Å². The Morgan fingerprint density at radius 1 is 1.13 bits per heavy atom. The fraction of sp³-hybridized carbons (Fsp3) is 0.542. The molecule has 0 bridgehead atoms. The first-order valence-electron chi connectivity index (χ1n) is 11.0. The Balaban J connectivity index is 1.96. The predicted molar refractivity (Wildman–Crippen MR) is 124 cm³/mol. The molecule has 2 aromatic rings. The van der Waals surface area contributed by atoms with Gasteiger partial charge in [-0.15, -0.1) is 0 Å². The number of rotatable bonds is 12. The number of nitrogens with one attached hydrogen (secondary N) is 1. The second-order valence-corrected chi connectivity index (χ2v) is 9.73. The van der Waals surface area contributed by atoms with Crippen molar-refractivity contribution in [2.24, 2.45) is 0 Å². The van der Waals surface area contributed by atoms with Crippen LogP contribution in [0.2, 0.25) is 0 Å². The standard InChI is InChI=1S/C24H35N2O3P/c1-3-4-5-6-7-8-9-10-12-21-14-15-22(24-23(21)13-11-17-25-24)19-26-20(2)16-18-30(27,28)29/h11,13-15,17,20,26H,3-9,16,18-19H2,1-2H3,(H2,27,28,29). The number of nitrogens with zero attached hydrogens (tertiary/aromatic N) is 1. The van der Waals surface area contributed by atoms with E-state index in [1.807, 2.05) is 19.1 Å². The summed E-state index contributed by atoms with van der Waals surface area (Å²) >= 11 is 0. The Bertz CT molecular complexity index is 898. The molecule has 0 aliphatic carbocycles. The lowest BCUT2D eigenvalue weighted by Gasteiger charge is -2.15. The van der Waals surface area contributed by atoms with Crippen LogP contribution in [0, 0.1) is 11.8 Å². The first-order valence-corrected chi connectivity index (χ1v) is 12.8. The summed E-state index contributed by atoms with van der Waals surface area (Å²) in [6, 6.07) is 8.09. The highest BCUT2D eigenvalue weighted by molar-refractivity contribution is 7.51. The van der Waals surface area contributed by atoms with E-state index < -0.39 is 7.60 Å². The zero-order valence-corrected chi connectivity index (χ0v) is 19.1. The normalized spacial score (nSPS) is 12.5. The molecule has 0 saturated heterocycles. The van der Waals surface area contributed by atoms with Crippen LogP contribution in [0.25, 0.3) is 10.9 Å². The third-order valence-corrected chi connectivity index (χ3v) is 6.07. The van der Waals surface area contributed by atoms with Gasteiger partial charge >= 0.3 is 7.60 Å². The Labute approximate surface area is 180 Å². The van der Waals surface area contributed by atoms with Crippen molar-refractivity contribution in [3.8, 4) is 11.8 Å². The fourth-order valence-electron chi connectivity index (χ4n) is 3.38. The second kappa shape index (κ2) is 12.9. The SMILES string of the molecule is CCCCCCCCC#Cc1ccc(CNC(C)CCP(=O)(O)O)c2ncccc12. The molecule has 1 heterocycles. The zero-order valence-electron chi connectivity index (χ0n) is 18.2. The van der Waals surface area contributed by atoms with Gasteiger partial charge in [-0.05, 0) is 37.5 Å². The molecule has 0 aliphatic heterocycles. The lowest BCUT2D eigenvalue weighted by molar-refractivity contribution is 0.367. The maximum Gasteiger partial charge on any atom is 0.325 e. The molecule has 1 unspecified atom stereocenters. The third-order valence-electron chi connectivity index (χ3n) is 5.23. The van der Waals surface area contributed by atoms with Crippen LogP contribution in [0.1, 0.15) is 76.3 Å². The van der Waals surface area contributed by atoms with E-state index in [-0.39, 0.29) is 12.2 Å². The fourth-order valence-corrected chi connectivity index (χ4v) is 4.11.